The van der Waals surface area contributed by atoms with E-state index in [-0.39, 0.29) is 5.41 Å². The van der Waals surface area contributed by atoms with Crippen molar-refractivity contribution in [3.8, 4) is 0 Å². The van der Waals surface area contributed by atoms with Gasteiger partial charge in [0.05, 0.1) is 15.9 Å². The van der Waals surface area contributed by atoms with Crippen LogP contribution in [0.5, 0.6) is 0 Å². The Hall–Kier alpha value is -0.350. The van der Waals surface area contributed by atoms with Crippen molar-refractivity contribution >= 4 is 15.9 Å². The van der Waals surface area contributed by atoms with Gasteiger partial charge in [0.1, 0.15) is 0 Å². The van der Waals surface area contributed by atoms with Gasteiger partial charge in [-0.2, -0.15) is 5.10 Å². The third kappa shape index (κ3) is 3.28. The second-order valence-corrected chi connectivity index (χ2v) is 7.38. The van der Waals surface area contributed by atoms with Gasteiger partial charge < -0.3 is 5.73 Å². The number of aromatic nitrogens is 2. The molecule has 1 aliphatic carbocycles. The van der Waals surface area contributed by atoms with Gasteiger partial charge in [-0.25, -0.2) is 0 Å². The summed E-state index contributed by atoms with van der Waals surface area (Å²) in [5, 5.41) is 4.51. The Bertz CT molecular complexity index is 445. The second-order valence-electron chi connectivity index (χ2n) is 6.58. The summed E-state index contributed by atoms with van der Waals surface area (Å²) in [6.07, 6.45) is 8.98. The van der Waals surface area contributed by atoms with Crippen molar-refractivity contribution in [1.29, 1.82) is 0 Å². The summed E-state index contributed by atoms with van der Waals surface area (Å²) in [4.78, 5) is 0. The van der Waals surface area contributed by atoms with Crippen LogP contribution < -0.4 is 5.73 Å². The van der Waals surface area contributed by atoms with Crippen LogP contribution in [0.25, 0.3) is 0 Å². The molecule has 0 unspecified atom stereocenters. The molecule has 1 aromatic rings. The second kappa shape index (κ2) is 6.61. The van der Waals surface area contributed by atoms with Crippen molar-refractivity contribution in [2.75, 3.05) is 6.54 Å². The first-order valence-electron chi connectivity index (χ1n) is 7.89. The third-order valence-corrected chi connectivity index (χ3v) is 6.13. The molecule has 0 amide bonds. The lowest BCUT2D eigenvalue weighted by Gasteiger charge is -2.39. The van der Waals surface area contributed by atoms with Crippen molar-refractivity contribution in [1.82, 2.24) is 9.78 Å². The quantitative estimate of drug-likeness (QED) is 0.880. The molecular weight excluding hydrogens is 314 g/mol. The summed E-state index contributed by atoms with van der Waals surface area (Å²) in [5.41, 5.74) is 8.84. The standard InChI is InChI=1S/C16H28BrN3/c1-4-5-13-6-8-16(11-18,9-7-13)10-14-15(17)12(2)19-20(14)3/h13H,4-11,18H2,1-3H3. The topological polar surface area (TPSA) is 43.8 Å². The van der Waals surface area contributed by atoms with Crippen molar-refractivity contribution in [2.24, 2.45) is 24.1 Å². The van der Waals surface area contributed by atoms with Crippen LogP contribution in [0.4, 0.5) is 0 Å². The van der Waals surface area contributed by atoms with E-state index in [1.54, 1.807) is 0 Å². The number of nitrogens with two attached hydrogens (primary N) is 1. The number of nitrogens with zero attached hydrogens (tertiary/aromatic N) is 2. The minimum Gasteiger partial charge on any atom is -0.330 e. The molecule has 0 bridgehead atoms. The summed E-state index contributed by atoms with van der Waals surface area (Å²) in [7, 11) is 2.04. The van der Waals surface area contributed by atoms with E-state index in [1.165, 1.54) is 48.7 Å². The molecule has 0 spiro atoms. The molecule has 0 atom stereocenters. The Labute approximate surface area is 131 Å². The highest BCUT2D eigenvalue weighted by Crippen LogP contribution is 2.43. The number of hydrogen-bond acceptors (Lipinski definition) is 2. The van der Waals surface area contributed by atoms with Crippen molar-refractivity contribution in [3.63, 3.8) is 0 Å². The lowest BCUT2D eigenvalue weighted by Crippen LogP contribution is -2.37. The van der Waals surface area contributed by atoms with E-state index >= 15 is 0 Å². The maximum atomic E-state index is 6.17. The lowest BCUT2D eigenvalue weighted by molar-refractivity contribution is 0.148. The van der Waals surface area contributed by atoms with Crippen LogP contribution in [0, 0.1) is 18.3 Å². The number of hydrogen-bond donors (Lipinski definition) is 1. The molecule has 2 N–H and O–H groups in total. The fourth-order valence-corrected chi connectivity index (χ4v) is 4.14. The Kier molecular flexibility index (Phi) is 5.30. The molecule has 1 heterocycles. The van der Waals surface area contributed by atoms with Crippen LogP contribution in [0.15, 0.2) is 4.47 Å². The van der Waals surface area contributed by atoms with Gasteiger partial charge in [0.25, 0.3) is 0 Å². The summed E-state index contributed by atoms with van der Waals surface area (Å²) in [6, 6.07) is 0. The monoisotopic (exact) mass is 341 g/mol. The Balaban J connectivity index is 2.09. The minimum atomic E-state index is 0.285. The van der Waals surface area contributed by atoms with Gasteiger partial charge in [0.15, 0.2) is 0 Å². The smallest absolute Gasteiger partial charge is 0.0738 e. The van der Waals surface area contributed by atoms with E-state index in [2.05, 4.69) is 34.9 Å². The third-order valence-electron chi connectivity index (χ3n) is 5.10. The molecule has 20 heavy (non-hydrogen) atoms. The molecule has 1 fully saturated rings. The molecule has 1 aliphatic rings. The zero-order valence-electron chi connectivity index (χ0n) is 13.1. The van der Waals surface area contributed by atoms with Crippen LogP contribution >= 0.6 is 15.9 Å². The fourth-order valence-electron chi connectivity index (χ4n) is 3.67. The van der Waals surface area contributed by atoms with Crippen molar-refractivity contribution < 1.29 is 0 Å². The highest BCUT2D eigenvalue weighted by atomic mass is 79.9. The van der Waals surface area contributed by atoms with E-state index in [9.17, 15) is 0 Å². The summed E-state index contributed by atoms with van der Waals surface area (Å²) >= 11 is 3.69. The summed E-state index contributed by atoms with van der Waals surface area (Å²) in [5.74, 6) is 0.927. The normalized spacial score (nSPS) is 26.9. The molecule has 1 saturated carbocycles. The van der Waals surface area contributed by atoms with Gasteiger partial charge >= 0.3 is 0 Å². The first-order valence-corrected chi connectivity index (χ1v) is 8.68. The average molecular weight is 342 g/mol. The fraction of sp³-hybridized carbons (Fsp3) is 0.812. The Morgan fingerprint density at radius 3 is 2.50 bits per heavy atom. The van der Waals surface area contributed by atoms with E-state index in [0.29, 0.717) is 0 Å². The van der Waals surface area contributed by atoms with Gasteiger partial charge in [-0.3, -0.25) is 4.68 Å². The maximum Gasteiger partial charge on any atom is 0.0738 e. The van der Waals surface area contributed by atoms with Crippen molar-refractivity contribution in [2.45, 2.75) is 58.8 Å². The molecule has 0 radical (unpaired) electrons. The first kappa shape index (κ1) is 16.0. The predicted octanol–water partition coefficient (Wildman–Crippen LogP) is 3.97. The molecule has 4 heteroatoms. The minimum absolute atomic E-state index is 0.285. The number of rotatable bonds is 5. The Morgan fingerprint density at radius 1 is 1.40 bits per heavy atom. The predicted molar refractivity (Wildman–Crippen MR) is 87.7 cm³/mol. The number of halogens is 1. The lowest BCUT2D eigenvalue weighted by atomic mass is 9.67. The van der Waals surface area contributed by atoms with Crippen LogP contribution in [-0.2, 0) is 13.5 Å². The van der Waals surface area contributed by atoms with E-state index in [0.717, 1.165) is 24.6 Å². The molecule has 2 rings (SSSR count). The summed E-state index contributed by atoms with van der Waals surface area (Å²) < 4.78 is 3.19. The van der Waals surface area contributed by atoms with Gasteiger partial charge in [-0.15, -0.1) is 0 Å². The van der Waals surface area contributed by atoms with E-state index in [4.69, 9.17) is 5.73 Å². The largest absolute Gasteiger partial charge is 0.330 e. The average Bonchev–Trinajstić information content (AvgIpc) is 2.68. The van der Waals surface area contributed by atoms with Crippen LogP contribution in [0.1, 0.15) is 56.8 Å². The van der Waals surface area contributed by atoms with Crippen LogP contribution in [-0.4, -0.2) is 16.3 Å². The molecule has 1 aromatic heterocycles. The van der Waals surface area contributed by atoms with Gasteiger partial charge in [0.2, 0.25) is 0 Å². The Morgan fingerprint density at radius 2 is 2.05 bits per heavy atom. The van der Waals surface area contributed by atoms with Gasteiger partial charge in [-0.1, -0.05) is 19.8 Å². The highest BCUT2D eigenvalue weighted by molar-refractivity contribution is 9.10. The molecule has 0 saturated heterocycles. The molecule has 0 aliphatic heterocycles. The molecule has 114 valence electrons. The van der Waals surface area contributed by atoms with Crippen LogP contribution in [0.2, 0.25) is 0 Å². The maximum absolute atomic E-state index is 6.17. The molecular formula is C16H28BrN3. The first-order chi connectivity index (χ1) is 9.51. The van der Waals surface area contributed by atoms with Gasteiger partial charge in [0, 0.05) is 7.05 Å². The SMILES string of the molecule is CCCC1CCC(CN)(Cc2c(Br)c(C)nn2C)CC1. The van der Waals surface area contributed by atoms with Gasteiger partial charge in [-0.05, 0) is 72.8 Å². The van der Waals surface area contributed by atoms with E-state index in [1.807, 2.05) is 11.7 Å². The summed E-state index contributed by atoms with van der Waals surface area (Å²) in [6.45, 7) is 5.14. The van der Waals surface area contributed by atoms with E-state index < -0.39 is 0 Å². The van der Waals surface area contributed by atoms with Crippen LogP contribution in [0.3, 0.4) is 0 Å². The zero-order chi connectivity index (χ0) is 14.8. The molecule has 0 aromatic carbocycles. The molecule has 3 nitrogen and oxygen atoms in total. The number of aryl methyl sites for hydroxylation is 2. The zero-order valence-corrected chi connectivity index (χ0v) is 14.7. The van der Waals surface area contributed by atoms with Crippen molar-refractivity contribution in [3.05, 3.63) is 15.9 Å². The highest BCUT2D eigenvalue weighted by Gasteiger charge is 2.35.